The second-order valence-electron chi connectivity index (χ2n) is 6.19. The first-order valence-corrected chi connectivity index (χ1v) is 7.72. The van der Waals surface area contributed by atoms with Crippen LogP contribution in [-0.4, -0.2) is 24.6 Å². The molecule has 1 atom stereocenters. The van der Waals surface area contributed by atoms with E-state index in [4.69, 9.17) is 0 Å². The van der Waals surface area contributed by atoms with Crippen LogP contribution in [0.5, 0.6) is 0 Å². The Balaban J connectivity index is 1.95. The molecule has 4 heteroatoms. The molecule has 1 fully saturated rings. The Morgan fingerprint density at radius 2 is 2.28 bits per heavy atom. The van der Waals surface area contributed by atoms with Gasteiger partial charge in [0.15, 0.2) is 5.13 Å². The molecule has 102 valence electrons. The molecule has 0 spiro atoms. The van der Waals surface area contributed by atoms with Gasteiger partial charge in [-0.05, 0) is 24.3 Å². The van der Waals surface area contributed by atoms with Gasteiger partial charge in [0.25, 0.3) is 0 Å². The van der Waals surface area contributed by atoms with Gasteiger partial charge in [0.05, 0.1) is 0 Å². The molecule has 0 radical (unpaired) electrons. The normalized spacial score (nSPS) is 20.7. The van der Waals surface area contributed by atoms with Crippen molar-refractivity contribution in [1.82, 2.24) is 10.3 Å². The Morgan fingerprint density at radius 1 is 1.50 bits per heavy atom. The van der Waals surface area contributed by atoms with E-state index in [-0.39, 0.29) is 0 Å². The maximum atomic E-state index is 4.57. The van der Waals surface area contributed by atoms with Crippen LogP contribution in [0.1, 0.15) is 39.0 Å². The van der Waals surface area contributed by atoms with Gasteiger partial charge in [0.1, 0.15) is 0 Å². The maximum Gasteiger partial charge on any atom is 0.185 e. The van der Waals surface area contributed by atoms with E-state index in [1.165, 1.54) is 16.4 Å². The van der Waals surface area contributed by atoms with E-state index in [1.54, 1.807) is 0 Å². The summed E-state index contributed by atoms with van der Waals surface area (Å²) in [7, 11) is 0. The fourth-order valence-corrected chi connectivity index (χ4v) is 3.33. The lowest BCUT2D eigenvalue weighted by Gasteiger charge is -2.26. The molecule has 0 aliphatic carbocycles. The van der Waals surface area contributed by atoms with Crippen LogP contribution in [0.4, 0.5) is 5.13 Å². The Kier molecular flexibility index (Phi) is 4.28. The highest BCUT2D eigenvalue weighted by molar-refractivity contribution is 7.15. The zero-order chi connectivity index (χ0) is 13.2. The Bertz CT molecular complexity index is 381. The number of hydrogen-bond acceptors (Lipinski definition) is 4. The molecule has 0 amide bonds. The van der Waals surface area contributed by atoms with Crippen molar-refractivity contribution in [3.8, 4) is 0 Å². The van der Waals surface area contributed by atoms with Crippen molar-refractivity contribution in [2.75, 3.05) is 24.5 Å². The van der Waals surface area contributed by atoms with Crippen molar-refractivity contribution in [3.05, 3.63) is 11.1 Å². The molecule has 1 N–H and O–H groups in total. The molecule has 1 aliphatic rings. The van der Waals surface area contributed by atoms with E-state index in [0.717, 1.165) is 32.1 Å². The fourth-order valence-electron chi connectivity index (χ4n) is 2.41. The zero-order valence-electron chi connectivity index (χ0n) is 12.0. The summed E-state index contributed by atoms with van der Waals surface area (Å²) in [6.45, 7) is 13.5. The largest absolute Gasteiger partial charge is 0.348 e. The van der Waals surface area contributed by atoms with Gasteiger partial charge in [-0.2, -0.15) is 0 Å². The monoisotopic (exact) mass is 267 g/mol. The molecule has 3 nitrogen and oxygen atoms in total. The van der Waals surface area contributed by atoms with Gasteiger partial charge in [-0.15, -0.1) is 11.3 Å². The molecule has 2 rings (SSSR count). The highest BCUT2D eigenvalue weighted by atomic mass is 32.1. The van der Waals surface area contributed by atoms with Crippen molar-refractivity contribution in [3.63, 3.8) is 0 Å². The number of rotatable bonds is 4. The number of nitrogens with zero attached hydrogens (tertiary/aromatic N) is 2. The van der Waals surface area contributed by atoms with Crippen LogP contribution in [0.2, 0.25) is 0 Å². The Morgan fingerprint density at radius 3 is 2.89 bits per heavy atom. The summed E-state index contributed by atoms with van der Waals surface area (Å²) in [4.78, 5) is 8.37. The molecule has 0 aromatic carbocycles. The summed E-state index contributed by atoms with van der Waals surface area (Å²) < 4.78 is 0. The molecule has 1 unspecified atom stereocenters. The predicted molar refractivity (Wildman–Crippen MR) is 79.3 cm³/mol. The molecule has 1 aromatic heterocycles. The van der Waals surface area contributed by atoms with Crippen molar-refractivity contribution < 1.29 is 0 Å². The summed E-state index contributed by atoms with van der Waals surface area (Å²) in [5.74, 6) is 0.790. The molecule has 18 heavy (non-hydrogen) atoms. The van der Waals surface area contributed by atoms with E-state index >= 15 is 0 Å². The third-order valence-corrected chi connectivity index (χ3v) is 4.83. The van der Waals surface area contributed by atoms with E-state index < -0.39 is 0 Å². The van der Waals surface area contributed by atoms with Crippen LogP contribution in [0.3, 0.4) is 0 Å². The average molecular weight is 267 g/mol. The van der Waals surface area contributed by atoms with Crippen LogP contribution in [0.15, 0.2) is 6.20 Å². The SMILES string of the molecule is CCNCc1cnc(N2CCC(C(C)(C)C)C2)s1. The summed E-state index contributed by atoms with van der Waals surface area (Å²) in [6, 6.07) is 0. The van der Waals surface area contributed by atoms with Gasteiger partial charge in [0.2, 0.25) is 0 Å². The first-order valence-electron chi connectivity index (χ1n) is 6.91. The van der Waals surface area contributed by atoms with Crippen LogP contribution in [0.25, 0.3) is 0 Å². The molecule has 1 aromatic rings. The molecule has 0 bridgehead atoms. The minimum Gasteiger partial charge on any atom is -0.348 e. The van der Waals surface area contributed by atoms with Gasteiger partial charge in [0, 0.05) is 30.7 Å². The second-order valence-corrected chi connectivity index (χ2v) is 7.28. The first-order chi connectivity index (χ1) is 8.50. The quantitative estimate of drug-likeness (QED) is 0.908. The second kappa shape index (κ2) is 5.57. The molecule has 1 aliphatic heterocycles. The Labute approximate surface area is 115 Å². The minimum atomic E-state index is 0.415. The third kappa shape index (κ3) is 3.23. The summed E-state index contributed by atoms with van der Waals surface area (Å²) in [6.07, 6.45) is 3.32. The first kappa shape index (κ1) is 13.8. The molecule has 1 saturated heterocycles. The number of aromatic nitrogens is 1. The summed E-state index contributed by atoms with van der Waals surface area (Å²) in [5, 5.41) is 4.56. The lowest BCUT2D eigenvalue weighted by molar-refractivity contribution is 0.263. The zero-order valence-corrected chi connectivity index (χ0v) is 12.8. The van der Waals surface area contributed by atoms with Gasteiger partial charge in [-0.3, -0.25) is 0 Å². The van der Waals surface area contributed by atoms with E-state index in [2.05, 4.69) is 42.9 Å². The lowest BCUT2D eigenvalue weighted by atomic mass is 9.80. The smallest absolute Gasteiger partial charge is 0.185 e. The van der Waals surface area contributed by atoms with E-state index in [0.29, 0.717) is 5.41 Å². The van der Waals surface area contributed by atoms with E-state index in [1.807, 2.05) is 17.5 Å². The van der Waals surface area contributed by atoms with Gasteiger partial charge in [-0.1, -0.05) is 27.7 Å². The number of thiazole rings is 1. The van der Waals surface area contributed by atoms with Gasteiger partial charge < -0.3 is 10.2 Å². The summed E-state index contributed by atoms with van der Waals surface area (Å²) >= 11 is 1.84. The summed E-state index contributed by atoms with van der Waals surface area (Å²) in [5.41, 5.74) is 0.415. The van der Waals surface area contributed by atoms with Crippen molar-refractivity contribution in [2.24, 2.45) is 11.3 Å². The number of hydrogen-bond donors (Lipinski definition) is 1. The van der Waals surface area contributed by atoms with Crippen LogP contribution >= 0.6 is 11.3 Å². The van der Waals surface area contributed by atoms with E-state index in [9.17, 15) is 0 Å². The highest BCUT2D eigenvalue weighted by Crippen LogP contribution is 2.36. The molecular formula is C14H25N3S. The molecule has 2 heterocycles. The van der Waals surface area contributed by atoms with Gasteiger partial charge >= 0.3 is 0 Å². The predicted octanol–water partition coefficient (Wildman–Crippen LogP) is 3.13. The lowest BCUT2D eigenvalue weighted by Crippen LogP contribution is -2.25. The standard InChI is InChI=1S/C14H25N3S/c1-5-15-8-12-9-16-13(18-12)17-7-6-11(10-17)14(2,3)4/h9,11,15H,5-8,10H2,1-4H3. The van der Waals surface area contributed by atoms with Crippen molar-refractivity contribution in [2.45, 2.75) is 40.7 Å². The maximum absolute atomic E-state index is 4.57. The number of nitrogens with one attached hydrogen (secondary N) is 1. The molecule has 0 saturated carbocycles. The molecular weight excluding hydrogens is 242 g/mol. The minimum absolute atomic E-state index is 0.415. The highest BCUT2D eigenvalue weighted by Gasteiger charge is 2.32. The van der Waals surface area contributed by atoms with Crippen molar-refractivity contribution in [1.29, 1.82) is 0 Å². The fraction of sp³-hybridized carbons (Fsp3) is 0.786. The topological polar surface area (TPSA) is 28.2 Å². The van der Waals surface area contributed by atoms with Crippen LogP contribution < -0.4 is 10.2 Å². The van der Waals surface area contributed by atoms with Crippen LogP contribution in [0, 0.1) is 11.3 Å². The third-order valence-electron chi connectivity index (χ3n) is 3.77. The van der Waals surface area contributed by atoms with Gasteiger partial charge in [-0.25, -0.2) is 4.98 Å². The van der Waals surface area contributed by atoms with Crippen LogP contribution in [-0.2, 0) is 6.54 Å². The number of anilines is 1. The van der Waals surface area contributed by atoms with Crippen molar-refractivity contribution >= 4 is 16.5 Å². The average Bonchev–Trinajstić information content (AvgIpc) is 2.93. The Hall–Kier alpha value is -0.610.